The number of rotatable bonds is 6. The maximum Gasteiger partial charge on any atom is 0.256 e. The van der Waals surface area contributed by atoms with E-state index >= 15 is 0 Å². The minimum atomic E-state index is -0.330. The number of aromatic nitrogens is 5. The molecule has 4 rings (SSSR count). The molecule has 146 valence electrons. The van der Waals surface area contributed by atoms with Crippen molar-refractivity contribution >= 4 is 29.7 Å². The number of hydrogen-bond donors (Lipinski definition) is 2. The molecule has 1 fully saturated rings. The lowest BCUT2D eigenvalue weighted by Crippen LogP contribution is -2.25. The molecule has 28 heavy (non-hydrogen) atoms. The predicted molar refractivity (Wildman–Crippen MR) is 104 cm³/mol. The second-order valence-corrected chi connectivity index (χ2v) is 7.51. The third-order valence-electron chi connectivity index (χ3n) is 4.63. The maximum atomic E-state index is 13.1. The van der Waals surface area contributed by atoms with Crippen molar-refractivity contribution in [3.8, 4) is 0 Å². The SMILES string of the molecule is Cc1nn(Cc2ccc(F)cc2)c(Cl)c1C(=O)NCc1n[nH]c(=S)n1C1CC1. The molecule has 0 spiro atoms. The van der Waals surface area contributed by atoms with E-state index in [-0.39, 0.29) is 23.4 Å². The first-order valence-corrected chi connectivity index (χ1v) is 9.64. The van der Waals surface area contributed by atoms with E-state index in [0.29, 0.717) is 34.4 Å². The van der Waals surface area contributed by atoms with Crippen molar-refractivity contribution in [2.75, 3.05) is 0 Å². The van der Waals surface area contributed by atoms with Gasteiger partial charge in [-0.2, -0.15) is 10.2 Å². The number of amides is 1. The number of carbonyl (C=O) groups excluding carboxylic acids is 1. The van der Waals surface area contributed by atoms with Gasteiger partial charge in [0.05, 0.1) is 24.3 Å². The molecular weight excluding hydrogens is 403 g/mol. The highest BCUT2D eigenvalue weighted by Gasteiger charge is 2.27. The van der Waals surface area contributed by atoms with Crippen molar-refractivity contribution in [2.24, 2.45) is 0 Å². The van der Waals surface area contributed by atoms with Crippen LogP contribution in [0.15, 0.2) is 24.3 Å². The number of nitrogens with one attached hydrogen (secondary N) is 2. The molecule has 7 nitrogen and oxygen atoms in total. The largest absolute Gasteiger partial charge is 0.345 e. The molecule has 0 aliphatic heterocycles. The monoisotopic (exact) mass is 420 g/mol. The lowest BCUT2D eigenvalue weighted by Gasteiger charge is -2.07. The van der Waals surface area contributed by atoms with Crippen LogP contribution in [0, 0.1) is 17.5 Å². The molecule has 1 aromatic carbocycles. The molecule has 1 aliphatic rings. The van der Waals surface area contributed by atoms with Gasteiger partial charge in [-0.25, -0.2) is 9.07 Å². The fraction of sp³-hybridized carbons (Fsp3) is 0.333. The Hall–Kier alpha value is -2.52. The smallest absolute Gasteiger partial charge is 0.256 e. The molecule has 1 saturated carbocycles. The number of halogens is 2. The summed E-state index contributed by atoms with van der Waals surface area (Å²) in [7, 11) is 0. The van der Waals surface area contributed by atoms with Crippen molar-refractivity contribution in [3.63, 3.8) is 0 Å². The molecule has 0 bridgehead atoms. The van der Waals surface area contributed by atoms with E-state index in [1.54, 1.807) is 19.1 Å². The maximum absolute atomic E-state index is 13.1. The number of nitrogens with zero attached hydrogens (tertiary/aromatic N) is 4. The minimum absolute atomic E-state index is 0.236. The van der Waals surface area contributed by atoms with Gasteiger partial charge in [-0.15, -0.1) is 0 Å². The van der Waals surface area contributed by atoms with Crippen LogP contribution in [0.25, 0.3) is 0 Å². The van der Waals surface area contributed by atoms with Crippen LogP contribution < -0.4 is 5.32 Å². The van der Waals surface area contributed by atoms with Crippen molar-refractivity contribution in [2.45, 2.75) is 38.9 Å². The molecule has 2 aromatic heterocycles. The highest BCUT2D eigenvalue weighted by Crippen LogP contribution is 2.35. The molecule has 1 amide bonds. The number of aryl methyl sites for hydroxylation is 1. The first-order chi connectivity index (χ1) is 13.4. The molecular formula is C18H18ClFN6OS. The number of benzene rings is 1. The summed E-state index contributed by atoms with van der Waals surface area (Å²) < 4.78 is 17.1. The zero-order chi connectivity index (χ0) is 19.8. The van der Waals surface area contributed by atoms with Gasteiger partial charge in [-0.1, -0.05) is 23.7 Å². The molecule has 0 saturated heterocycles. The van der Waals surface area contributed by atoms with Gasteiger partial charge in [0.2, 0.25) is 0 Å². The molecule has 0 radical (unpaired) electrons. The molecule has 0 atom stereocenters. The molecule has 1 aliphatic carbocycles. The van der Waals surface area contributed by atoms with E-state index in [2.05, 4.69) is 20.6 Å². The molecule has 10 heteroatoms. The van der Waals surface area contributed by atoms with E-state index < -0.39 is 0 Å². The highest BCUT2D eigenvalue weighted by atomic mass is 35.5. The Kier molecular flexibility index (Phi) is 5.03. The Morgan fingerprint density at radius 3 is 2.79 bits per heavy atom. The fourth-order valence-electron chi connectivity index (χ4n) is 3.10. The van der Waals surface area contributed by atoms with Gasteiger partial charge < -0.3 is 5.32 Å². The predicted octanol–water partition coefficient (Wildman–Crippen LogP) is 3.55. The van der Waals surface area contributed by atoms with E-state index in [0.717, 1.165) is 18.4 Å². The van der Waals surface area contributed by atoms with Crippen LogP contribution in [0.4, 0.5) is 4.39 Å². The Morgan fingerprint density at radius 1 is 1.39 bits per heavy atom. The van der Waals surface area contributed by atoms with Gasteiger partial charge in [-0.3, -0.25) is 14.5 Å². The van der Waals surface area contributed by atoms with E-state index in [9.17, 15) is 9.18 Å². The zero-order valence-corrected chi connectivity index (χ0v) is 16.6. The molecule has 3 aromatic rings. The van der Waals surface area contributed by atoms with Crippen molar-refractivity contribution in [3.05, 3.63) is 62.7 Å². The minimum Gasteiger partial charge on any atom is -0.345 e. The molecule has 2 heterocycles. The van der Waals surface area contributed by atoms with Gasteiger partial charge in [0.15, 0.2) is 10.6 Å². The summed E-state index contributed by atoms with van der Waals surface area (Å²) in [4.78, 5) is 12.7. The summed E-state index contributed by atoms with van der Waals surface area (Å²) in [6, 6.07) is 6.42. The van der Waals surface area contributed by atoms with Gasteiger partial charge >= 0.3 is 0 Å². The van der Waals surface area contributed by atoms with Crippen LogP contribution in [0.1, 0.15) is 46.3 Å². The van der Waals surface area contributed by atoms with E-state index in [1.807, 2.05) is 4.57 Å². The van der Waals surface area contributed by atoms with Crippen LogP contribution in [0.2, 0.25) is 5.15 Å². The number of hydrogen-bond acceptors (Lipinski definition) is 4. The first kappa shape index (κ1) is 18.8. The highest BCUT2D eigenvalue weighted by molar-refractivity contribution is 7.71. The summed E-state index contributed by atoms with van der Waals surface area (Å²) in [5, 5.41) is 14.4. The standard InChI is InChI=1S/C18H18ClFN6OS/c1-10-15(16(19)25(24-10)9-11-2-4-12(20)5-3-11)17(27)21-8-14-22-23-18(28)26(14)13-6-7-13/h2-5,13H,6-9H2,1H3,(H,21,27)(H,23,28). The number of aromatic amines is 1. The Balaban J connectivity index is 1.49. The van der Waals surface area contributed by atoms with Gasteiger partial charge in [0, 0.05) is 6.04 Å². The number of carbonyl (C=O) groups is 1. The third-order valence-corrected chi connectivity index (χ3v) is 5.31. The fourth-order valence-corrected chi connectivity index (χ4v) is 3.72. The van der Waals surface area contributed by atoms with E-state index in [1.165, 1.54) is 16.8 Å². The van der Waals surface area contributed by atoms with E-state index in [4.69, 9.17) is 23.8 Å². The summed E-state index contributed by atoms with van der Waals surface area (Å²) in [6.45, 7) is 2.30. The summed E-state index contributed by atoms with van der Waals surface area (Å²) in [6.07, 6.45) is 2.13. The van der Waals surface area contributed by atoms with Crippen LogP contribution in [-0.4, -0.2) is 30.5 Å². The normalized spacial score (nSPS) is 13.7. The summed E-state index contributed by atoms with van der Waals surface area (Å²) >= 11 is 11.7. The lowest BCUT2D eigenvalue weighted by molar-refractivity contribution is 0.0949. The quantitative estimate of drug-likeness (QED) is 0.597. The number of H-pyrrole nitrogens is 1. The van der Waals surface area contributed by atoms with Crippen LogP contribution in [0.3, 0.4) is 0 Å². The average molecular weight is 421 g/mol. The lowest BCUT2D eigenvalue weighted by atomic mass is 10.2. The average Bonchev–Trinajstić information content (AvgIpc) is 3.37. The first-order valence-electron chi connectivity index (χ1n) is 8.85. The van der Waals surface area contributed by atoms with Gasteiger partial charge in [-0.05, 0) is 49.7 Å². The van der Waals surface area contributed by atoms with Gasteiger partial charge in [0.25, 0.3) is 5.91 Å². The van der Waals surface area contributed by atoms with Crippen molar-refractivity contribution in [1.82, 2.24) is 29.9 Å². The van der Waals surface area contributed by atoms with Crippen molar-refractivity contribution < 1.29 is 9.18 Å². The summed E-state index contributed by atoms with van der Waals surface area (Å²) in [5.74, 6) is 0.0491. The Labute approximate surface area is 170 Å². The zero-order valence-electron chi connectivity index (χ0n) is 15.1. The molecule has 2 N–H and O–H groups in total. The second kappa shape index (κ2) is 7.48. The third kappa shape index (κ3) is 3.72. The van der Waals surface area contributed by atoms with Crippen LogP contribution in [-0.2, 0) is 13.1 Å². The molecule has 0 unspecified atom stereocenters. The van der Waals surface area contributed by atoms with Crippen LogP contribution in [0.5, 0.6) is 0 Å². The van der Waals surface area contributed by atoms with Crippen molar-refractivity contribution in [1.29, 1.82) is 0 Å². The topological polar surface area (TPSA) is 80.5 Å². The second-order valence-electron chi connectivity index (χ2n) is 6.76. The summed E-state index contributed by atoms with van der Waals surface area (Å²) in [5.41, 5.74) is 1.67. The van der Waals surface area contributed by atoms with Crippen LogP contribution >= 0.6 is 23.8 Å². The Bertz CT molecular complexity index is 1080. The Morgan fingerprint density at radius 2 is 2.11 bits per heavy atom. The van der Waals surface area contributed by atoms with Gasteiger partial charge in [0.1, 0.15) is 11.0 Å².